The Morgan fingerprint density at radius 2 is 1.75 bits per heavy atom. The van der Waals surface area contributed by atoms with Gasteiger partial charge in [-0.05, 0) is 20.5 Å². The summed E-state index contributed by atoms with van der Waals surface area (Å²) in [5.74, 6) is 1.73. The molecule has 0 saturated heterocycles. The van der Waals surface area contributed by atoms with Gasteiger partial charge in [-0.3, -0.25) is 0 Å². The van der Waals surface area contributed by atoms with E-state index in [1.165, 1.54) is 0 Å². The topological polar surface area (TPSA) is 32.3 Å². The van der Waals surface area contributed by atoms with Crippen LogP contribution in [-0.2, 0) is 5.41 Å². The average molecular weight is 299 g/mol. The highest BCUT2D eigenvalue weighted by Crippen LogP contribution is 2.24. The first kappa shape index (κ1) is 17.2. The summed E-state index contributed by atoms with van der Waals surface area (Å²) < 4.78 is 0. The Hall–Kier alpha value is -0.870. The highest BCUT2D eigenvalue weighted by molar-refractivity contribution is 6.29. The minimum absolute atomic E-state index is 0.0981. The van der Waals surface area contributed by atoms with Crippen LogP contribution in [0, 0.1) is 0 Å². The van der Waals surface area contributed by atoms with Crippen molar-refractivity contribution in [2.24, 2.45) is 0 Å². The van der Waals surface area contributed by atoms with Crippen LogP contribution < -0.4 is 4.90 Å². The third kappa shape index (κ3) is 5.25. The molecule has 0 fully saturated rings. The van der Waals surface area contributed by atoms with Gasteiger partial charge in [0.05, 0.1) is 0 Å². The number of rotatable bonds is 6. The smallest absolute Gasteiger partial charge is 0.137 e. The predicted molar refractivity (Wildman–Crippen MR) is 86.8 cm³/mol. The second-order valence-corrected chi connectivity index (χ2v) is 6.80. The van der Waals surface area contributed by atoms with E-state index in [9.17, 15) is 0 Å². The zero-order valence-electron chi connectivity index (χ0n) is 13.6. The molecule has 0 unspecified atom stereocenters. The molecular formula is C15H27ClN4. The number of likely N-dealkylation sites (N-methyl/N-ethyl adjacent to an activating group) is 1. The van der Waals surface area contributed by atoms with Crippen molar-refractivity contribution in [1.29, 1.82) is 0 Å². The zero-order valence-corrected chi connectivity index (χ0v) is 14.3. The second-order valence-electron chi connectivity index (χ2n) is 6.41. The Bertz CT molecular complexity index is 426. The van der Waals surface area contributed by atoms with E-state index in [2.05, 4.69) is 56.6 Å². The average Bonchev–Trinajstić information content (AvgIpc) is 2.32. The Morgan fingerprint density at radius 3 is 2.25 bits per heavy atom. The van der Waals surface area contributed by atoms with Crippen LogP contribution in [0.2, 0.25) is 5.15 Å². The van der Waals surface area contributed by atoms with Crippen LogP contribution in [-0.4, -0.2) is 48.6 Å². The highest BCUT2D eigenvalue weighted by Gasteiger charge is 2.20. The molecule has 0 atom stereocenters. The first-order valence-electron chi connectivity index (χ1n) is 7.18. The molecule has 0 amide bonds. The maximum Gasteiger partial charge on any atom is 0.137 e. The van der Waals surface area contributed by atoms with E-state index in [1.807, 2.05) is 6.07 Å². The van der Waals surface area contributed by atoms with Crippen LogP contribution in [0.4, 0.5) is 5.82 Å². The third-order valence-electron chi connectivity index (χ3n) is 2.99. The van der Waals surface area contributed by atoms with E-state index < -0.39 is 0 Å². The number of hydrogen-bond acceptors (Lipinski definition) is 4. The van der Waals surface area contributed by atoms with Gasteiger partial charge in [0.15, 0.2) is 0 Å². The fourth-order valence-corrected chi connectivity index (χ4v) is 2.01. The van der Waals surface area contributed by atoms with Gasteiger partial charge in [-0.25, -0.2) is 9.97 Å². The van der Waals surface area contributed by atoms with Crippen LogP contribution >= 0.6 is 11.6 Å². The molecule has 0 aliphatic carbocycles. The van der Waals surface area contributed by atoms with E-state index in [1.54, 1.807) is 0 Å². The van der Waals surface area contributed by atoms with Crippen LogP contribution in [0.1, 0.15) is 39.9 Å². The van der Waals surface area contributed by atoms with Crippen LogP contribution in [0.15, 0.2) is 6.07 Å². The predicted octanol–water partition coefficient (Wildman–Crippen LogP) is 3.21. The summed E-state index contributed by atoms with van der Waals surface area (Å²) in [5, 5.41) is 0.519. The van der Waals surface area contributed by atoms with Crippen molar-refractivity contribution >= 4 is 17.4 Å². The van der Waals surface area contributed by atoms with Gasteiger partial charge in [-0.2, -0.15) is 0 Å². The molecule has 0 aliphatic rings. The fraction of sp³-hybridized carbons (Fsp3) is 0.733. The van der Waals surface area contributed by atoms with Gasteiger partial charge >= 0.3 is 0 Å². The Balaban J connectivity index is 3.03. The van der Waals surface area contributed by atoms with Crippen molar-refractivity contribution in [2.45, 2.75) is 39.5 Å². The Morgan fingerprint density at radius 1 is 1.10 bits per heavy atom. The second kappa shape index (κ2) is 7.23. The molecule has 20 heavy (non-hydrogen) atoms. The monoisotopic (exact) mass is 298 g/mol. The lowest BCUT2D eigenvalue weighted by molar-refractivity contribution is 0.412. The quantitative estimate of drug-likeness (QED) is 0.755. The summed E-state index contributed by atoms with van der Waals surface area (Å²) >= 11 is 6.17. The molecule has 5 heteroatoms. The highest BCUT2D eigenvalue weighted by atomic mass is 35.5. The number of halogens is 1. The molecule has 0 spiro atoms. The van der Waals surface area contributed by atoms with Gasteiger partial charge in [0, 0.05) is 31.1 Å². The third-order valence-corrected chi connectivity index (χ3v) is 3.18. The van der Waals surface area contributed by atoms with Gasteiger partial charge < -0.3 is 9.80 Å². The summed E-state index contributed by atoms with van der Waals surface area (Å²) in [6.45, 7) is 11.4. The van der Waals surface area contributed by atoms with Gasteiger partial charge in [0.1, 0.15) is 16.8 Å². The molecule has 0 bridgehead atoms. The normalized spacial score (nSPS) is 12.0. The van der Waals surface area contributed by atoms with Crippen molar-refractivity contribution < 1.29 is 0 Å². The number of anilines is 1. The lowest BCUT2D eigenvalue weighted by Gasteiger charge is -2.26. The Kier molecular flexibility index (Phi) is 6.21. The minimum Gasteiger partial charge on any atom is -0.355 e. The molecule has 0 radical (unpaired) electrons. The largest absolute Gasteiger partial charge is 0.355 e. The summed E-state index contributed by atoms with van der Waals surface area (Å²) in [6, 6.07) is 1.86. The molecule has 1 rings (SSSR count). The van der Waals surface area contributed by atoms with Crippen molar-refractivity contribution in [2.75, 3.05) is 38.6 Å². The lowest BCUT2D eigenvalue weighted by Crippen LogP contribution is -2.33. The fourth-order valence-electron chi connectivity index (χ4n) is 1.83. The van der Waals surface area contributed by atoms with Crippen molar-refractivity contribution in [3.8, 4) is 0 Å². The maximum atomic E-state index is 6.17. The Labute approximate surface area is 128 Å². The van der Waals surface area contributed by atoms with E-state index in [0.29, 0.717) is 5.15 Å². The molecule has 0 N–H and O–H groups in total. The molecule has 1 heterocycles. The van der Waals surface area contributed by atoms with Crippen LogP contribution in [0.3, 0.4) is 0 Å². The molecular weight excluding hydrogens is 272 g/mol. The lowest BCUT2D eigenvalue weighted by atomic mass is 9.96. The summed E-state index contributed by atoms with van der Waals surface area (Å²) in [5.41, 5.74) is -0.0981. The number of aromatic nitrogens is 2. The van der Waals surface area contributed by atoms with Crippen molar-refractivity contribution in [1.82, 2.24) is 14.9 Å². The molecule has 1 aromatic rings. The standard InChI is InChI=1S/C15H27ClN4/c1-7-8-20(10-9-19(5)6)13-11-12(16)17-14(18-13)15(2,3)4/h11H,7-10H2,1-6H3. The van der Waals surface area contributed by atoms with Crippen LogP contribution in [0.5, 0.6) is 0 Å². The summed E-state index contributed by atoms with van der Waals surface area (Å²) in [7, 11) is 4.16. The van der Waals surface area contributed by atoms with E-state index >= 15 is 0 Å². The number of nitrogens with zero attached hydrogens (tertiary/aromatic N) is 4. The first-order chi connectivity index (χ1) is 9.24. The minimum atomic E-state index is -0.0981. The van der Waals surface area contributed by atoms with E-state index in [4.69, 9.17) is 16.6 Å². The molecule has 0 aliphatic heterocycles. The van der Waals surface area contributed by atoms with Crippen LogP contribution in [0.25, 0.3) is 0 Å². The molecule has 4 nitrogen and oxygen atoms in total. The summed E-state index contributed by atoms with van der Waals surface area (Å²) in [6.07, 6.45) is 1.08. The van der Waals surface area contributed by atoms with Gasteiger partial charge in [-0.1, -0.05) is 39.3 Å². The van der Waals surface area contributed by atoms with Gasteiger partial charge in [0.2, 0.25) is 0 Å². The zero-order chi connectivity index (χ0) is 15.3. The first-order valence-corrected chi connectivity index (χ1v) is 7.56. The van der Waals surface area contributed by atoms with Gasteiger partial charge in [-0.15, -0.1) is 0 Å². The summed E-state index contributed by atoms with van der Waals surface area (Å²) in [4.78, 5) is 13.5. The SMILES string of the molecule is CCCN(CCN(C)C)c1cc(Cl)nc(C(C)(C)C)n1. The van der Waals surface area contributed by atoms with E-state index in [-0.39, 0.29) is 5.41 Å². The van der Waals surface area contributed by atoms with Crippen molar-refractivity contribution in [3.63, 3.8) is 0 Å². The molecule has 114 valence electrons. The maximum absolute atomic E-state index is 6.17. The van der Waals surface area contributed by atoms with Crippen molar-refractivity contribution in [3.05, 3.63) is 17.0 Å². The molecule has 0 aromatic carbocycles. The number of hydrogen-bond donors (Lipinski definition) is 0. The molecule has 1 aromatic heterocycles. The van der Waals surface area contributed by atoms with E-state index in [0.717, 1.165) is 37.7 Å². The molecule has 0 saturated carbocycles. The van der Waals surface area contributed by atoms with Gasteiger partial charge in [0.25, 0.3) is 0 Å².